The molecule has 0 saturated heterocycles. The van der Waals surface area contributed by atoms with Crippen LogP contribution in [0.3, 0.4) is 0 Å². The van der Waals surface area contributed by atoms with Crippen molar-refractivity contribution in [1.82, 2.24) is 4.90 Å². The Morgan fingerprint density at radius 2 is 1.90 bits per heavy atom. The lowest BCUT2D eigenvalue weighted by molar-refractivity contribution is -0.131. The molecular formula is C16H21NO3. The zero-order valence-electron chi connectivity index (χ0n) is 11.8. The Bertz CT molecular complexity index is 477. The van der Waals surface area contributed by atoms with Gasteiger partial charge in [0.2, 0.25) is 5.91 Å². The molecule has 20 heavy (non-hydrogen) atoms. The van der Waals surface area contributed by atoms with E-state index in [1.165, 1.54) is 12.8 Å². The lowest BCUT2D eigenvalue weighted by Crippen LogP contribution is -2.32. The van der Waals surface area contributed by atoms with Gasteiger partial charge in [0, 0.05) is 19.5 Å². The lowest BCUT2D eigenvalue weighted by Gasteiger charge is -2.20. The number of amides is 1. The third-order valence-corrected chi connectivity index (χ3v) is 3.74. The van der Waals surface area contributed by atoms with E-state index in [9.17, 15) is 9.59 Å². The summed E-state index contributed by atoms with van der Waals surface area (Å²) in [6, 6.07) is 6.75. The number of hydrogen-bond donors (Lipinski definition) is 1. The van der Waals surface area contributed by atoms with Gasteiger partial charge in [0.15, 0.2) is 0 Å². The first-order valence-corrected chi connectivity index (χ1v) is 7.20. The molecule has 0 aliphatic heterocycles. The highest BCUT2D eigenvalue weighted by molar-refractivity contribution is 5.87. The molecule has 108 valence electrons. The smallest absolute Gasteiger partial charge is 0.335 e. The topological polar surface area (TPSA) is 57.6 Å². The summed E-state index contributed by atoms with van der Waals surface area (Å²) in [5.74, 6) is -0.00956. The zero-order chi connectivity index (χ0) is 14.5. The minimum Gasteiger partial charge on any atom is -0.478 e. The number of nitrogens with zero attached hydrogens (tertiary/aromatic N) is 1. The van der Waals surface area contributed by atoms with Crippen LogP contribution in [0, 0.1) is 5.92 Å². The van der Waals surface area contributed by atoms with Gasteiger partial charge in [-0.15, -0.1) is 0 Å². The highest BCUT2D eigenvalue weighted by Gasteiger charge is 2.25. The summed E-state index contributed by atoms with van der Waals surface area (Å²) in [5, 5.41) is 8.83. The average molecular weight is 275 g/mol. The van der Waals surface area contributed by atoms with Gasteiger partial charge >= 0.3 is 5.97 Å². The second kappa shape index (κ2) is 6.55. The van der Waals surface area contributed by atoms with Crippen molar-refractivity contribution in [2.75, 3.05) is 13.1 Å². The number of carbonyl (C=O) groups excluding carboxylic acids is 1. The molecule has 0 unspecified atom stereocenters. The SMILES string of the molecule is CCN(CC1CC1)C(=O)CCc1ccc(C(=O)O)cc1. The Hall–Kier alpha value is -1.84. The summed E-state index contributed by atoms with van der Waals surface area (Å²) >= 11 is 0. The van der Waals surface area contributed by atoms with Crippen LogP contribution in [0.15, 0.2) is 24.3 Å². The van der Waals surface area contributed by atoms with Crippen LogP contribution < -0.4 is 0 Å². The van der Waals surface area contributed by atoms with E-state index in [1.54, 1.807) is 24.3 Å². The summed E-state index contributed by atoms with van der Waals surface area (Å²) in [6.07, 6.45) is 3.66. The minimum atomic E-state index is -0.922. The van der Waals surface area contributed by atoms with E-state index in [4.69, 9.17) is 5.11 Å². The Labute approximate surface area is 119 Å². The van der Waals surface area contributed by atoms with E-state index in [2.05, 4.69) is 0 Å². The first kappa shape index (κ1) is 14.6. The van der Waals surface area contributed by atoms with Crippen molar-refractivity contribution < 1.29 is 14.7 Å². The number of aryl methyl sites for hydroxylation is 1. The number of benzene rings is 1. The lowest BCUT2D eigenvalue weighted by atomic mass is 10.1. The molecule has 4 heteroatoms. The van der Waals surface area contributed by atoms with Gasteiger partial charge in [-0.1, -0.05) is 12.1 Å². The molecule has 0 atom stereocenters. The number of carbonyl (C=O) groups is 2. The number of carboxylic acid groups (broad SMARTS) is 1. The van der Waals surface area contributed by atoms with Gasteiger partial charge in [0.05, 0.1) is 5.56 Å². The number of rotatable bonds is 7. The largest absolute Gasteiger partial charge is 0.478 e. The first-order valence-electron chi connectivity index (χ1n) is 7.20. The van der Waals surface area contributed by atoms with Crippen molar-refractivity contribution in [3.05, 3.63) is 35.4 Å². The minimum absolute atomic E-state index is 0.196. The van der Waals surface area contributed by atoms with E-state index < -0.39 is 5.97 Å². The van der Waals surface area contributed by atoms with Gasteiger partial charge in [0.1, 0.15) is 0 Å². The predicted octanol–water partition coefficient (Wildman–Crippen LogP) is 2.58. The molecule has 0 bridgehead atoms. The third-order valence-electron chi connectivity index (χ3n) is 3.74. The normalized spacial score (nSPS) is 14.1. The molecule has 1 saturated carbocycles. The van der Waals surface area contributed by atoms with Crippen LogP contribution in [-0.4, -0.2) is 35.0 Å². The molecule has 4 nitrogen and oxygen atoms in total. The zero-order valence-corrected chi connectivity index (χ0v) is 11.8. The van der Waals surface area contributed by atoms with Gasteiger partial charge < -0.3 is 10.0 Å². The van der Waals surface area contributed by atoms with Gasteiger partial charge in [-0.25, -0.2) is 4.79 Å². The summed E-state index contributed by atoms with van der Waals surface area (Å²) in [7, 11) is 0. The highest BCUT2D eigenvalue weighted by atomic mass is 16.4. The number of hydrogen-bond acceptors (Lipinski definition) is 2. The number of carboxylic acids is 1. The molecule has 0 radical (unpaired) electrons. The standard InChI is InChI=1S/C16H21NO3/c1-2-17(11-13-3-4-13)15(18)10-7-12-5-8-14(9-6-12)16(19)20/h5-6,8-9,13H,2-4,7,10-11H2,1H3,(H,19,20). The molecule has 1 aliphatic rings. The molecule has 1 aromatic rings. The first-order chi connectivity index (χ1) is 9.60. The van der Waals surface area contributed by atoms with Crippen molar-refractivity contribution in [2.24, 2.45) is 5.92 Å². The third kappa shape index (κ3) is 4.08. The quantitative estimate of drug-likeness (QED) is 0.832. The summed E-state index contributed by atoms with van der Waals surface area (Å²) in [6.45, 7) is 3.68. The predicted molar refractivity (Wildman–Crippen MR) is 76.7 cm³/mol. The maximum absolute atomic E-state index is 12.1. The Kier molecular flexibility index (Phi) is 4.77. The van der Waals surface area contributed by atoms with Crippen LogP contribution in [0.2, 0.25) is 0 Å². The maximum Gasteiger partial charge on any atom is 0.335 e. The molecule has 1 fully saturated rings. The number of aromatic carboxylic acids is 1. The summed E-state index contributed by atoms with van der Waals surface area (Å²) < 4.78 is 0. The summed E-state index contributed by atoms with van der Waals surface area (Å²) in [5.41, 5.74) is 1.29. The van der Waals surface area contributed by atoms with Crippen molar-refractivity contribution in [2.45, 2.75) is 32.6 Å². The van der Waals surface area contributed by atoms with Crippen molar-refractivity contribution in [3.8, 4) is 0 Å². The molecule has 0 aromatic heterocycles. The van der Waals surface area contributed by atoms with E-state index in [0.29, 0.717) is 18.8 Å². The van der Waals surface area contributed by atoms with E-state index in [0.717, 1.165) is 18.7 Å². The molecule has 1 N–H and O–H groups in total. The molecule has 1 amide bonds. The van der Waals surface area contributed by atoms with Crippen molar-refractivity contribution in [1.29, 1.82) is 0 Å². The molecular weight excluding hydrogens is 254 g/mol. The van der Waals surface area contributed by atoms with Crippen LogP contribution in [0.5, 0.6) is 0 Å². The van der Waals surface area contributed by atoms with E-state index in [1.807, 2.05) is 11.8 Å². The van der Waals surface area contributed by atoms with Gasteiger partial charge in [-0.05, 0) is 49.8 Å². The Morgan fingerprint density at radius 1 is 1.25 bits per heavy atom. The molecule has 0 heterocycles. The fourth-order valence-corrected chi connectivity index (χ4v) is 2.24. The van der Waals surface area contributed by atoms with Gasteiger partial charge in [0.25, 0.3) is 0 Å². The van der Waals surface area contributed by atoms with Crippen LogP contribution >= 0.6 is 0 Å². The maximum atomic E-state index is 12.1. The second-order valence-corrected chi connectivity index (χ2v) is 5.38. The summed E-state index contributed by atoms with van der Waals surface area (Å²) in [4.78, 5) is 24.8. The Morgan fingerprint density at radius 3 is 2.40 bits per heavy atom. The van der Waals surface area contributed by atoms with Crippen molar-refractivity contribution in [3.63, 3.8) is 0 Å². The van der Waals surface area contributed by atoms with Crippen LogP contribution in [-0.2, 0) is 11.2 Å². The van der Waals surface area contributed by atoms with Gasteiger partial charge in [-0.3, -0.25) is 4.79 Å². The van der Waals surface area contributed by atoms with E-state index in [-0.39, 0.29) is 11.5 Å². The van der Waals surface area contributed by atoms with Crippen LogP contribution in [0.1, 0.15) is 42.1 Å². The van der Waals surface area contributed by atoms with Crippen LogP contribution in [0.4, 0.5) is 0 Å². The highest BCUT2D eigenvalue weighted by Crippen LogP contribution is 2.29. The van der Waals surface area contributed by atoms with Gasteiger partial charge in [-0.2, -0.15) is 0 Å². The molecule has 1 aliphatic carbocycles. The molecule has 1 aromatic carbocycles. The second-order valence-electron chi connectivity index (χ2n) is 5.38. The fourth-order valence-electron chi connectivity index (χ4n) is 2.24. The monoisotopic (exact) mass is 275 g/mol. The molecule has 0 spiro atoms. The fraction of sp³-hybridized carbons (Fsp3) is 0.500. The molecule has 2 rings (SSSR count). The Balaban J connectivity index is 1.83. The van der Waals surface area contributed by atoms with Crippen molar-refractivity contribution >= 4 is 11.9 Å². The average Bonchev–Trinajstić information content (AvgIpc) is 3.26. The van der Waals surface area contributed by atoms with Crippen LogP contribution in [0.25, 0.3) is 0 Å². The van der Waals surface area contributed by atoms with E-state index >= 15 is 0 Å².